The lowest BCUT2D eigenvalue weighted by atomic mass is 9.99. The van der Waals surface area contributed by atoms with Gasteiger partial charge in [0.15, 0.2) is 11.7 Å². The van der Waals surface area contributed by atoms with Gasteiger partial charge in [0.1, 0.15) is 0 Å². The Bertz CT molecular complexity index is 871. The number of hydrogen-bond acceptors (Lipinski definition) is 6. The third-order valence-corrected chi connectivity index (χ3v) is 4.87. The van der Waals surface area contributed by atoms with Gasteiger partial charge in [0.25, 0.3) is 0 Å². The Labute approximate surface area is 146 Å². The molecule has 1 saturated heterocycles. The topological polar surface area (TPSA) is 57.5 Å². The van der Waals surface area contributed by atoms with Gasteiger partial charge in [-0.2, -0.15) is 5.10 Å². The number of amidine groups is 1. The predicted molar refractivity (Wildman–Crippen MR) is 96.8 cm³/mol. The number of pyridine rings is 1. The normalized spacial score (nSPS) is 21.9. The third-order valence-electron chi connectivity index (χ3n) is 4.87. The van der Waals surface area contributed by atoms with Crippen LogP contribution >= 0.6 is 0 Å². The first-order chi connectivity index (χ1) is 12.4. The summed E-state index contributed by atoms with van der Waals surface area (Å²) in [4.78, 5) is 13.9. The lowest BCUT2D eigenvalue weighted by Gasteiger charge is -2.43. The number of aromatic nitrogens is 3. The van der Waals surface area contributed by atoms with Crippen LogP contribution in [0.4, 0.5) is 5.82 Å². The van der Waals surface area contributed by atoms with Gasteiger partial charge in [-0.05, 0) is 49.3 Å². The van der Waals surface area contributed by atoms with Crippen molar-refractivity contribution in [2.45, 2.75) is 18.9 Å². The van der Waals surface area contributed by atoms with Crippen LogP contribution in [0.15, 0.2) is 65.7 Å². The summed E-state index contributed by atoms with van der Waals surface area (Å²) in [5.74, 6) is 1.75. The van der Waals surface area contributed by atoms with Crippen molar-refractivity contribution in [2.24, 2.45) is 4.99 Å². The van der Waals surface area contributed by atoms with E-state index < -0.39 is 0 Å². The van der Waals surface area contributed by atoms with Crippen LogP contribution in [0.5, 0.6) is 0 Å². The first-order valence-electron chi connectivity index (χ1n) is 8.63. The number of fused-ring (bicyclic) bond motifs is 4. The van der Waals surface area contributed by atoms with Gasteiger partial charge in [0.05, 0.1) is 17.4 Å². The summed E-state index contributed by atoms with van der Waals surface area (Å²) in [6, 6.07) is 8.25. The van der Waals surface area contributed by atoms with Gasteiger partial charge in [-0.1, -0.05) is 0 Å². The Hall–Kier alpha value is -3.02. The van der Waals surface area contributed by atoms with Crippen molar-refractivity contribution < 1.29 is 0 Å². The zero-order valence-corrected chi connectivity index (χ0v) is 13.8. The quantitative estimate of drug-likeness (QED) is 0.847. The van der Waals surface area contributed by atoms with Crippen LogP contribution in [0.2, 0.25) is 0 Å². The molecule has 3 aliphatic rings. The Morgan fingerprint density at radius 3 is 2.80 bits per heavy atom. The maximum absolute atomic E-state index is 5.06. The van der Waals surface area contributed by atoms with Gasteiger partial charge in [-0.3, -0.25) is 14.9 Å². The molecule has 124 valence electrons. The molecule has 3 aliphatic heterocycles. The highest BCUT2D eigenvalue weighted by molar-refractivity contribution is 6.18. The minimum Gasteiger partial charge on any atom is -0.366 e. The molecule has 1 fully saturated rings. The summed E-state index contributed by atoms with van der Waals surface area (Å²) in [5, 5.41) is 8.43. The van der Waals surface area contributed by atoms with Gasteiger partial charge >= 0.3 is 0 Å². The monoisotopic (exact) mass is 330 g/mol. The highest BCUT2D eigenvalue weighted by atomic mass is 15.3. The molecule has 0 unspecified atom stereocenters. The van der Waals surface area contributed by atoms with E-state index >= 15 is 0 Å². The largest absolute Gasteiger partial charge is 0.366 e. The molecule has 0 amide bonds. The summed E-state index contributed by atoms with van der Waals surface area (Å²) in [6.45, 7) is 2.10. The number of anilines is 1. The molecule has 25 heavy (non-hydrogen) atoms. The van der Waals surface area contributed by atoms with E-state index in [2.05, 4.69) is 43.2 Å². The summed E-state index contributed by atoms with van der Waals surface area (Å²) in [5.41, 5.74) is 3.24. The molecule has 0 spiro atoms. The fraction of sp³-hybridized carbons (Fsp3) is 0.263. The second kappa shape index (κ2) is 5.81. The average Bonchev–Trinajstić information content (AvgIpc) is 2.69. The second-order valence-corrected chi connectivity index (χ2v) is 6.46. The van der Waals surface area contributed by atoms with Crippen molar-refractivity contribution in [3.63, 3.8) is 0 Å². The van der Waals surface area contributed by atoms with Crippen LogP contribution in [0, 0.1) is 0 Å². The summed E-state index contributed by atoms with van der Waals surface area (Å²) < 4.78 is 0. The molecule has 2 aromatic rings. The van der Waals surface area contributed by atoms with Crippen molar-refractivity contribution in [1.82, 2.24) is 20.1 Å². The summed E-state index contributed by atoms with van der Waals surface area (Å²) >= 11 is 0. The van der Waals surface area contributed by atoms with Crippen LogP contribution in [-0.4, -0.2) is 45.0 Å². The van der Waals surface area contributed by atoms with E-state index in [-0.39, 0.29) is 0 Å². The zero-order valence-electron chi connectivity index (χ0n) is 13.8. The summed E-state index contributed by atoms with van der Waals surface area (Å²) in [6.07, 6.45) is 12.0. The second-order valence-electron chi connectivity index (χ2n) is 6.46. The molecule has 5 heterocycles. The van der Waals surface area contributed by atoms with Crippen LogP contribution in [-0.2, 0) is 0 Å². The molecule has 5 rings (SSSR count). The van der Waals surface area contributed by atoms with E-state index in [0.717, 1.165) is 42.4 Å². The molecule has 0 saturated carbocycles. The smallest absolute Gasteiger partial charge is 0.161 e. The molecular weight excluding hydrogens is 312 g/mol. The average molecular weight is 330 g/mol. The predicted octanol–water partition coefficient (Wildman–Crippen LogP) is 2.49. The molecule has 0 aromatic carbocycles. The first-order valence-corrected chi connectivity index (χ1v) is 8.63. The standard InChI is InChI=1S/C19H18N6/c1-4-14(12-20-9-1)16-7-8-17-19(22-15-5-3-11-24(17)13-15)25(16)18-6-2-10-21-23-18/h1-2,4,6-10,12,15H,3,5,11,13H2/t15-/m0/s1. The van der Waals surface area contributed by atoms with E-state index in [0.29, 0.717) is 6.04 Å². The molecule has 2 bridgehead atoms. The maximum Gasteiger partial charge on any atom is 0.161 e. The number of aliphatic imine (C=N–C) groups is 1. The Morgan fingerprint density at radius 1 is 1.04 bits per heavy atom. The lowest BCUT2D eigenvalue weighted by Crippen LogP contribution is -2.49. The zero-order chi connectivity index (χ0) is 16.6. The number of rotatable bonds is 2. The SMILES string of the molecule is C1=C2C(=N[C@H]3CCCN2C3)N(c2cccnn2)C(c2cccnc2)=C1. The van der Waals surface area contributed by atoms with Crippen LogP contribution in [0.25, 0.3) is 5.70 Å². The summed E-state index contributed by atoms with van der Waals surface area (Å²) in [7, 11) is 0. The first kappa shape index (κ1) is 14.3. The third kappa shape index (κ3) is 2.41. The number of hydrogen-bond donors (Lipinski definition) is 0. The fourth-order valence-corrected chi connectivity index (χ4v) is 3.74. The Kier molecular flexibility index (Phi) is 3.33. The van der Waals surface area contributed by atoms with E-state index in [4.69, 9.17) is 4.99 Å². The molecule has 0 radical (unpaired) electrons. The van der Waals surface area contributed by atoms with Crippen LogP contribution in [0.1, 0.15) is 18.4 Å². The maximum atomic E-state index is 5.06. The highest BCUT2D eigenvalue weighted by Gasteiger charge is 2.35. The van der Waals surface area contributed by atoms with Gasteiger partial charge < -0.3 is 4.90 Å². The molecule has 0 aliphatic carbocycles. The number of allylic oxidation sites excluding steroid dienone is 2. The molecule has 6 heteroatoms. The van der Waals surface area contributed by atoms with Gasteiger partial charge in [0, 0.05) is 37.2 Å². The van der Waals surface area contributed by atoms with Gasteiger partial charge in [0.2, 0.25) is 0 Å². The lowest BCUT2D eigenvalue weighted by molar-refractivity contribution is 0.259. The van der Waals surface area contributed by atoms with E-state index in [1.807, 2.05) is 24.4 Å². The fourth-order valence-electron chi connectivity index (χ4n) is 3.74. The van der Waals surface area contributed by atoms with Gasteiger partial charge in [-0.15, -0.1) is 5.10 Å². The molecular formula is C19H18N6. The van der Waals surface area contributed by atoms with E-state index in [1.54, 1.807) is 12.4 Å². The number of piperidine rings is 1. The van der Waals surface area contributed by atoms with Gasteiger partial charge in [-0.25, -0.2) is 0 Å². The van der Waals surface area contributed by atoms with Crippen LogP contribution < -0.4 is 4.90 Å². The van der Waals surface area contributed by atoms with Crippen molar-refractivity contribution in [3.05, 3.63) is 66.3 Å². The van der Waals surface area contributed by atoms with Crippen molar-refractivity contribution in [3.8, 4) is 0 Å². The minimum absolute atomic E-state index is 0.355. The Morgan fingerprint density at radius 2 is 1.96 bits per heavy atom. The molecule has 6 nitrogen and oxygen atoms in total. The van der Waals surface area contributed by atoms with Crippen molar-refractivity contribution >= 4 is 17.4 Å². The molecule has 1 atom stereocenters. The minimum atomic E-state index is 0.355. The van der Waals surface area contributed by atoms with Crippen molar-refractivity contribution in [2.75, 3.05) is 18.0 Å². The Balaban J connectivity index is 1.69. The van der Waals surface area contributed by atoms with Crippen molar-refractivity contribution in [1.29, 1.82) is 0 Å². The number of nitrogens with zero attached hydrogens (tertiary/aromatic N) is 6. The molecule has 0 N–H and O–H groups in total. The van der Waals surface area contributed by atoms with E-state index in [1.165, 1.54) is 12.1 Å². The molecule has 2 aromatic heterocycles. The van der Waals surface area contributed by atoms with Crippen LogP contribution in [0.3, 0.4) is 0 Å². The highest BCUT2D eigenvalue weighted by Crippen LogP contribution is 2.35. The van der Waals surface area contributed by atoms with E-state index in [9.17, 15) is 0 Å².